The number of aromatic amines is 1. The number of rotatable bonds is 6. The number of nitrogens with one attached hydrogen (secondary N) is 1. The lowest BCUT2D eigenvalue weighted by atomic mass is 9.95. The van der Waals surface area contributed by atoms with Crippen molar-refractivity contribution in [3.05, 3.63) is 95.0 Å². The molecule has 6 nitrogen and oxygen atoms in total. The van der Waals surface area contributed by atoms with E-state index in [0.29, 0.717) is 30.1 Å². The summed E-state index contributed by atoms with van der Waals surface area (Å²) in [6, 6.07) is 15.2. The average Bonchev–Trinajstić information content (AvgIpc) is 3.37. The SMILES string of the molecule is O=C1C(=O)N(CCC[n+]2cc[nH]c2)C(c2ccccc2)/C1=C(\O)c1ccc(Cl)cc1. The number of hydrogen-bond donors (Lipinski definition) is 2. The number of ketones is 1. The van der Waals surface area contributed by atoms with Crippen LogP contribution in [-0.4, -0.2) is 33.2 Å². The van der Waals surface area contributed by atoms with E-state index >= 15 is 0 Å². The first kappa shape index (κ1) is 19.9. The van der Waals surface area contributed by atoms with Gasteiger partial charge in [0.1, 0.15) is 18.2 Å². The van der Waals surface area contributed by atoms with Crippen molar-refractivity contribution in [2.75, 3.05) is 6.54 Å². The number of Topliss-reactive ketones (excluding diaryl/α,β-unsaturated/α-hetero) is 1. The molecule has 30 heavy (non-hydrogen) atoms. The minimum absolute atomic E-state index is 0.0998. The van der Waals surface area contributed by atoms with Crippen molar-refractivity contribution in [3.8, 4) is 0 Å². The van der Waals surface area contributed by atoms with E-state index in [0.717, 1.165) is 5.56 Å². The third-order valence-electron chi connectivity index (χ3n) is 5.19. The first-order chi connectivity index (χ1) is 14.6. The molecule has 1 unspecified atom stereocenters. The van der Waals surface area contributed by atoms with Crippen LogP contribution in [0.2, 0.25) is 5.02 Å². The van der Waals surface area contributed by atoms with Gasteiger partial charge in [0.25, 0.3) is 11.7 Å². The number of carbonyl (C=O) groups excluding carboxylic acids is 2. The van der Waals surface area contributed by atoms with Crippen LogP contribution in [0.5, 0.6) is 0 Å². The van der Waals surface area contributed by atoms with E-state index in [1.807, 2.05) is 53.6 Å². The number of aliphatic hydroxyl groups is 1. The summed E-state index contributed by atoms with van der Waals surface area (Å²) in [4.78, 5) is 30.3. The van der Waals surface area contributed by atoms with E-state index in [2.05, 4.69) is 4.98 Å². The normalized spacial score (nSPS) is 18.2. The van der Waals surface area contributed by atoms with Gasteiger partial charge in [0, 0.05) is 23.6 Å². The van der Waals surface area contributed by atoms with E-state index in [1.54, 1.807) is 29.2 Å². The summed E-state index contributed by atoms with van der Waals surface area (Å²) in [5.41, 5.74) is 1.32. The second-order valence-electron chi connectivity index (χ2n) is 7.11. The maximum absolute atomic E-state index is 12.9. The lowest BCUT2D eigenvalue weighted by molar-refractivity contribution is -0.695. The van der Waals surface area contributed by atoms with E-state index in [4.69, 9.17) is 11.6 Å². The molecule has 1 saturated heterocycles. The second kappa shape index (κ2) is 8.55. The predicted molar refractivity (Wildman–Crippen MR) is 113 cm³/mol. The van der Waals surface area contributed by atoms with Crippen LogP contribution in [0.4, 0.5) is 0 Å². The number of carbonyl (C=O) groups is 2. The summed E-state index contributed by atoms with van der Waals surface area (Å²) in [6.07, 6.45) is 6.23. The zero-order valence-corrected chi connectivity index (χ0v) is 16.9. The molecule has 1 aromatic heterocycles. The van der Waals surface area contributed by atoms with Crippen molar-refractivity contribution in [2.45, 2.75) is 19.0 Å². The number of likely N-dealkylation sites (tertiary alicyclic amines) is 1. The van der Waals surface area contributed by atoms with Crippen LogP contribution in [0.25, 0.3) is 5.76 Å². The third-order valence-corrected chi connectivity index (χ3v) is 5.44. The first-order valence-corrected chi connectivity index (χ1v) is 10.0. The van der Waals surface area contributed by atoms with Gasteiger partial charge >= 0.3 is 0 Å². The molecule has 0 radical (unpaired) electrons. The first-order valence-electron chi connectivity index (χ1n) is 9.67. The Morgan fingerprint density at radius 2 is 1.83 bits per heavy atom. The molecule has 1 amide bonds. The summed E-state index contributed by atoms with van der Waals surface area (Å²) in [5.74, 6) is -1.47. The molecule has 0 aliphatic carbocycles. The van der Waals surface area contributed by atoms with Gasteiger partial charge in [-0.1, -0.05) is 41.9 Å². The molecular weight excluding hydrogens is 402 g/mol. The van der Waals surface area contributed by atoms with Crippen LogP contribution < -0.4 is 4.57 Å². The fourth-order valence-electron chi connectivity index (χ4n) is 3.74. The fourth-order valence-corrected chi connectivity index (χ4v) is 3.87. The van der Waals surface area contributed by atoms with Crippen LogP contribution in [0.1, 0.15) is 23.6 Å². The molecule has 1 aliphatic rings. The Bertz CT molecular complexity index is 1080. The highest BCUT2D eigenvalue weighted by Crippen LogP contribution is 2.39. The average molecular weight is 423 g/mol. The number of hydrogen-bond acceptors (Lipinski definition) is 3. The molecule has 152 valence electrons. The molecule has 1 atom stereocenters. The molecule has 2 aromatic carbocycles. The van der Waals surface area contributed by atoms with Gasteiger partial charge in [-0.15, -0.1) is 0 Å². The Balaban J connectivity index is 1.71. The molecule has 1 fully saturated rings. The highest BCUT2D eigenvalue weighted by Gasteiger charge is 2.45. The summed E-state index contributed by atoms with van der Waals surface area (Å²) < 4.78 is 1.97. The number of H-pyrrole nitrogens is 1. The van der Waals surface area contributed by atoms with Gasteiger partial charge in [-0.3, -0.25) is 14.6 Å². The van der Waals surface area contributed by atoms with E-state index in [1.165, 1.54) is 0 Å². The Labute approximate surface area is 179 Å². The van der Waals surface area contributed by atoms with Gasteiger partial charge in [-0.2, -0.15) is 0 Å². The summed E-state index contributed by atoms with van der Waals surface area (Å²) in [6.45, 7) is 1.09. The van der Waals surface area contributed by atoms with Crippen LogP contribution in [-0.2, 0) is 16.1 Å². The van der Waals surface area contributed by atoms with Crippen LogP contribution in [0.15, 0.2) is 78.9 Å². The molecule has 7 heteroatoms. The predicted octanol–water partition coefficient (Wildman–Crippen LogP) is 3.47. The molecular formula is C23H21ClN3O3+. The molecule has 3 aromatic rings. The molecule has 4 rings (SSSR count). The van der Waals surface area contributed by atoms with Crippen molar-refractivity contribution in [1.82, 2.24) is 9.88 Å². The van der Waals surface area contributed by atoms with E-state index in [-0.39, 0.29) is 11.3 Å². The minimum Gasteiger partial charge on any atom is -0.507 e. The molecule has 0 spiro atoms. The number of aromatic nitrogens is 2. The highest BCUT2D eigenvalue weighted by atomic mass is 35.5. The number of aliphatic hydroxyl groups excluding tert-OH is 1. The maximum atomic E-state index is 12.9. The molecule has 0 bridgehead atoms. The quantitative estimate of drug-likeness (QED) is 0.276. The number of amides is 1. The minimum atomic E-state index is -0.675. The topological polar surface area (TPSA) is 77.3 Å². The second-order valence-corrected chi connectivity index (χ2v) is 7.55. The van der Waals surface area contributed by atoms with Crippen molar-refractivity contribution in [3.63, 3.8) is 0 Å². The number of nitrogens with zero attached hydrogens (tertiary/aromatic N) is 2. The summed E-state index contributed by atoms with van der Waals surface area (Å²) in [5, 5.41) is 11.5. The van der Waals surface area contributed by atoms with Gasteiger partial charge in [-0.05, 0) is 29.8 Å². The molecule has 1 aliphatic heterocycles. The number of aryl methyl sites for hydroxylation is 1. The van der Waals surface area contributed by atoms with E-state index in [9.17, 15) is 14.7 Å². The zero-order chi connectivity index (χ0) is 21.1. The van der Waals surface area contributed by atoms with Crippen LogP contribution in [0, 0.1) is 0 Å². The van der Waals surface area contributed by atoms with Gasteiger partial charge in [0.2, 0.25) is 6.33 Å². The lowest BCUT2D eigenvalue weighted by Crippen LogP contribution is -2.36. The number of halogens is 1. The van der Waals surface area contributed by atoms with Gasteiger partial charge in [0.05, 0.1) is 18.2 Å². The standard InChI is InChI=1S/C23H20ClN3O3/c24-18-9-7-17(8-10-18)21(28)19-20(16-5-2-1-3-6-16)27(23(30)22(19)29)13-4-12-26-14-11-25-15-26/h1-3,5-11,14-15,20H,4,12-13H2,(H,28,29)/p+1. The Morgan fingerprint density at radius 3 is 2.50 bits per heavy atom. The van der Waals surface area contributed by atoms with Crippen molar-refractivity contribution in [1.29, 1.82) is 0 Å². The Kier molecular flexibility index (Phi) is 5.68. The number of benzene rings is 2. The largest absolute Gasteiger partial charge is 0.507 e. The smallest absolute Gasteiger partial charge is 0.295 e. The monoisotopic (exact) mass is 422 g/mol. The van der Waals surface area contributed by atoms with Crippen molar-refractivity contribution >= 4 is 29.1 Å². The third kappa shape index (κ3) is 3.86. The van der Waals surface area contributed by atoms with E-state index < -0.39 is 17.7 Å². The van der Waals surface area contributed by atoms with Crippen LogP contribution in [0.3, 0.4) is 0 Å². The van der Waals surface area contributed by atoms with Crippen LogP contribution >= 0.6 is 11.6 Å². The molecule has 2 heterocycles. The fraction of sp³-hybridized carbons (Fsp3) is 0.174. The summed E-state index contributed by atoms with van der Waals surface area (Å²) >= 11 is 5.94. The summed E-state index contributed by atoms with van der Waals surface area (Å²) in [7, 11) is 0. The number of imidazole rings is 1. The van der Waals surface area contributed by atoms with Crippen molar-refractivity contribution in [2.24, 2.45) is 0 Å². The highest BCUT2D eigenvalue weighted by molar-refractivity contribution is 6.46. The zero-order valence-electron chi connectivity index (χ0n) is 16.2. The lowest BCUT2D eigenvalue weighted by Gasteiger charge is -2.25. The molecule has 0 saturated carbocycles. The molecule has 2 N–H and O–H groups in total. The van der Waals surface area contributed by atoms with Crippen molar-refractivity contribution < 1.29 is 19.3 Å². The Hall–Kier alpha value is -3.38. The maximum Gasteiger partial charge on any atom is 0.295 e. The van der Waals surface area contributed by atoms with Gasteiger partial charge < -0.3 is 10.0 Å². The van der Waals surface area contributed by atoms with Gasteiger partial charge in [-0.25, -0.2) is 4.57 Å². The van der Waals surface area contributed by atoms with Gasteiger partial charge in [0.15, 0.2) is 0 Å². The Morgan fingerprint density at radius 1 is 1.10 bits per heavy atom.